The topological polar surface area (TPSA) is 9.23 Å². The molecular weight excluding hydrogens is 168 g/mol. The molecule has 1 heterocycles. The maximum absolute atomic E-state index is 5.40. The average molecular weight is 182 g/mol. The molecule has 0 saturated carbocycles. The zero-order valence-electron chi connectivity index (χ0n) is 7.54. The van der Waals surface area contributed by atoms with Gasteiger partial charge in [0.15, 0.2) is 0 Å². The Hall–Kier alpha value is -0.630. The molecule has 1 aliphatic heterocycles. The summed E-state index contributed by atoms with van der Waals surface area (Å²) >= 11 is 1.86. The van der Waals surface area contributed by atoms with Crippen molar-refractivity contribution in [3.63, 3.8) is 0 Å². The highest BCUT2D eigenvalue weighted by Gasteiger charge is 2.07. The van der Waals surface area contributed by atoms with Crippen molar-refractivity contribution in [3.8, 4) is 5.75 Å². The van der Waals surface area contributed by atoms with Gasteiger partial charge in [-0.25, -0.2) is 0 Å². The van der Waals surface area contributed by atoms with Crippen LogP contribution in [-0.2, 0) is 0 Å². The van der Waals surface area contributed by atoms with Crippen molar-refractivity contribution in [1.29, 1.82) is 0 Å². The lowest BCUT2D eigenvalue weighted by molar-refractivity contribution is 0.330. The third kappa shape index (κ3) is 2.18. The van der Waals surface area contributed by atoms with Crippen molar-refractivity contribution >= 4 is 11.8 Å². The van der Waals surface area contributed by atoms with E-state index in [9.17, 15) is 0 Å². The fourth-order valence-corrected chi connectivity index (χ4v) is 1.82. The lowest BCUT2D eigenvalue weighted by atomic mass is 10.3. The van der Waals surface area contributed by atoms with Crippen LogP contribution < -0.4 is 4.74 Å². The van der Waals surface area contributed by atoms with Gasteiger partial charge in [0.25, 0.3) is 0 Å². The summed E-state index contributed by atoms with van der Waals surface area (Å²) in [7, 11) is 0. The SMILES string of the molecule is CC.c1ccc2c(c1)OCCS2. The summed E-state index contributed by atoms with van der Waals surface area (Å²) < 4.78 is 5.40. The second kappa shape index (κ2) is 5.09. The molecule has 0 bridgehead atoms. The van der Waals surface area contributed by atoms with Crippen molar-refractivity contribution in [2.75, 3.05) is 12.4 Å². The Labute approximate surface area is 78.1 Å². The maximum Gasteiger partial charge on any atom is 0.132 e. The van der Waals surface area contributed by atoms with Crippen LogP contribution in [0.4, 0.5) is 0 Å². The molecule has 0 saturated heterocycles. The first kappa shape index (κ1) is 9.46. The van der Waals surface area contributed by atoms with E-state index in [1.165, 1.54) is 4.90 Å². The van der Waals surface area contributed by atoms with Gasteiger partial charge in [0.1, 0.15) is 5.75 Å². The lowest BCUT2D eigenvalue weighted by Gasteiger charge is -2.15. The number of benzene rings is 1. The normalized spacial score (nSPS) is 13.5. The number of hydrogen-bond acceptors (Lipinski definition) is 2. The highest BCUT2D eigenvalue weighted by molar-refractivity contribution is 7.99. The van der Waals surface area contributed by atoms with Crippen molar-refractivity contribution in [1.82, 2.24) is 0 Å². The summed E-state index contributed by atoms with van der Waals surface area (Å²) in [6.45, 7) is 4.85. The van der Waals surface area contributed by atoms with E-state index in [-0.39, 0.29) is 0 Å². The van der Waals surface area contributed by atoms with Crippen LogP contribution in [0.25, 0.3) is 0 Å². The van der Waals surface area contributed by atoms with Gasteiger partial charge in [0.2, 0.25) is 0 Å². The molecule has 0 radical (unpaired) electrons. The summed E-state index contributed by atoms with van der Waals surface area (Å²) in [5.74, 6) is 2.12. The fraction of sp³-hybridized carbons (Fsp3) is 0.400. The van der Waals surface area contributed by atoms with E-state index in [1.807, 2.05) is 43.8 Å². The molecule has 2 heteroatoms. The lowest BCUT2D eigenvalue weighted by Crippen LogP contribution is -2.05. The first-order valence-electron chi connectivity index (χ1n) is 4.31. The van der Waals surface area contributed by atoms with E-state index in [1.54, 1.807) is 0 Å². The first-order valence-corrected chi connectivity index (χ1v) is 5.30. The van der Waals surface area contributed by atoms with Crippen molar-refractivity contribution in [2.45, 2.75) is 18.7 Å². The molecule has 0 spiro atoms. The first-order chi connectivity index (χ1) is 5.97. The van der Waals surface area contributed by atoms with Crippen molar-refractivity contribution in [3.05, 3.63) is 24.3 Å². The van der Waals surface area contributed by atoms with Crippen LogP contribution >= 0.6 is 11.8 Å². The molecule has 1 aromatic carbocycles. The molecule has 1 aliphatic rings. The zero-order valence-corrected chi connectivity index (χ0v) is 8.36. The van der Waals surface area contributed by atoms with Crippen LogP contribution in [0.5, 0.6) is 5.75 Å². The fourth-order valence-electron chi connectivity index (χ4n) is 0.992. The number of fused-ring (bicyclic) bond motifs is 1. The van der Waals surface area contributed by atoms with Crippen LogP contribution in [0.3, 0.4) is 0 Å². The molecule has 0 aliphatic carbocycles. The zero-order chi connectivity index (χ0) is 8.81. The maximum atomic E-state index is 5.40. The van der Waals surface area contributed by atoms with Crippen LogP contribution in [0.2, 0.25) is 0 Å². The van der Waals surface area contributed by atoms with Gasteiger partial charge < -0.3 is 4.74 Å². The third-order valence-electron chi connectivity index (χ3n) is 1.45. The molecule has 2 rings (SSSR count). The van der Waals surface area contributed by atoms with E-state index >= 15 is 0 Å². The van der Waals surface area contributed by atoms with Gasteiger partial charge in [-0.1, -0.05) is 26.0 Å². The Morgan fingerprint density at radius 2 is 2.00 bits per heavy atom. The molecule has 0 unspecified atom stereocenters. The molecule has 0 atom stereocenters. The molecule has 0 fully saturated rings. The number of para-hydroxylation sites is 1. The molecule has 66 valence electrons. The summed E-state index contributed by atoms with van der Waals surface area (Å²) in [5.41, 5.74) is 0. The molecular formula is C10H14OS. The van der Waals surface area contributed by atoms with Crippen molar-refractivity contribution < 1.29 is 4.74 Å². The smallest absolute Gasteiger partial charge is 0.132 e. The van der Waals surface area contributed by atoms with E-state index in [2.05, 4.69) is 6.07 Å². The van der Waals surface area contributed by atoms with Crippen LogP contribution in [-0.4, -0.2) is 12.4 Å². The summed E-state index contributed by atoms with van der Waals surface area (Å²) in [6.07, 6.45) is 0. The van der Waals surface area contributed by atoms with E-state index in [0.29, 0.717) is 0 Å². The molecule has 1 nitrogen and oxygen atoms in total. The Bertz CT molecular complexity index is 210. The van der Waals surface area contributed by atoms with E-state index in [4.69, 9.17) is 4.74 Å². The van der Waals surface area contributed by atoms with E-state index < -0.39 is 0 Å². The second-order valence-corrected chi connectivity index (χ2v) is 3.28. The van der Waals surface area contributed by atoms with E-state index in [0.717, 1.165) is 18.1 Å². The minimum Gasteiger partial charge on any atom is -0.492 e. The van der Waals surface area contributed by atoms with Crippen LogP contribution in [0.1, 0.15) is 13.8 Å². The Balaban J connectivity index is 0.000000336. The summed E-state index contributed by atoms with van der Waals surface area (Å²) in [5, 5.41) is 0. The summed E-state index contributed by atoms with van der Waals surface area (Å²) in [4.78, 5) is 1.27. The van der Waals surface area contributed by atoms with Crippen LogP contribution in [0, 0.1) is 0 Å². The van der Waals surface area contributed by atoms with Gasteiger partial charge in [0, 0.05) is 10.6 Å². The monoisotopic (exact) mass is 182 g/mol. The molecule has 0 aromatic heterocycles. The Morgan fingerprint density at radius 1 is 1.25 bits per heavy atom. The number of ether oxygens (including phenoxy) is 1. The molecule has 1 aromatic rings. The Kier molecular flexibility index (Phi) is 4.01. The molecule has 12 heavy (non-hydrogen) atoms. The Morgan fingerprint density at radius 3 is 2.75 bits per heavy atom. The van der Waals surface area contributed by atoms with Crippen molar-refractivity contribution in [2.24, 2.45) is 0 Å². The van der Waals surface area contributed by atoms with Gasteiger partial charge in [-0.05, 0) is 12.1 Å². The standard InChI is InChI=1S/C8H8OS.C2H6/c1-2-4-8-7(3-1)9-5-6-10-8;1-2/h1-4H,5-6H2;1-2H3. The van der Waals surface area contributed by atoms with Crippen LogP contribution in [0.15, 0.2) is 29.2 Å². The second-order valence-electron chi connectivity index (χ2n) is 2.14. The molecule has 0 amide bonds. The number of thioether (sulfide) groups is 1. The highest BCUT2D eigenvalue weighted by Crippen LogP contribution is 2.31. The average Bonchev–Trinajstić information content (AvgIpc) is 2.21. The predicted molar refractivity (Wildman–Crippen MR) is 54.0 cm³/mol. The summed E-state index contributed by atoms with van der Waals surface area (Å²) in [6, 6.07) is 8.16. The van der Waals surface area contributed by atoms with Gasteiger partial charge in [-0.15, -0.1) is 11.8 Å². The predicted octanol–water partition coefficient (Wildman–Crippen LogP) is 3.20. The van der Waals surface area contributed by atoms with Gasteiger partial charge >= 0.3 is 0 Å². The minimum atomic E-state index is 0.849. The van der Waals surface area contributed by atoms with Gasteiger partial charge in [0.05, 0.1) is 6.61 Å². The highest BCUT2D eigenvalue weighted by atomic mass is 32.2. The minimum absolute atomic E-state index is 0.849. The molecule has 0 N–H and O–H groups in total. The largest absolute Gasteiger partial charge is 0.492 e. The quantitative estimate of drug-likeness (QED) is 0.609. The number of hydrogen-bond donors (Lipinski definition) is 0. The van der Waals surface area contributed by atoms with Gasteiger partial charge in [-0.3, -0.25) is 0 Å². The third-order valence-corrected chi connectivity index (χ3v) is 2.47. The number of rotatable bonds is 0. The van der Waals surface area contributed by atoms with Gasteiger partial charge in [-0.2, -0.15) is 0 Å².